The van der Waals surface area contributed by atoms with Crippen LogP contribution in [-0.2, 0) is 4.79 Å². The second kappa shape index (κ2) is 9.55. The lowest BCUT2D eigenvalue weighted by Gasteiger charge is -2.15. The number of rotatable bonds is 9. The first-order valence-corrected chi connectivity index (χ1v) is 8.56. The zero-order chi connectivity index (χ0) is 14.1. The molecule has 0 radical (unpaired) electrons. The highest BCUT2D eigenvalue weighted by molar-refractivity contribution is 9.09. The summed E-state index contributed by atoms with van der Waals surface area (Å²) in [4.78, 5) is 12.1. The Kier molecular flexibility index (Phi) is 8.40. The summed E-state index contributed by atoms with van der Waals surface area (Å²) in [5.74, 6) is 1.06. The van der Waals surface area contributed by atoms with Gasteiger partial charge in [-0.25, -0.2) is 0 Å². The Balaban J connectivity index is 2.60. The Morgan fingerprint density at radius 3 is 2.63 bits per heavy atom. The van der Waals surface area contributed by atoms with Gasteiger partial charge in [0.1, 0.15) is 0 Å². The summed E-state index contributed by atoms with van der Waals surface area (Å²) in [7, 11) is 0. The van der Waals surface area contributed by atoms with E-state index in [0.29, 0.717) is 5.33 Å². The molecule has 3 heteroatoms. The minimum absolute atomic E-state index is 0.0373. The van der Waals surface area contributed by atoms with Crippen LogP contribution in [0.1, 0.15) is 49.1 Å². The van der Waals surface area contributed by atoms with Crippen LogP contribution in [0.3, 0.4) is 0 Å². The Labute approximate surface area is 129 Å². The van der Waals surface area contributed by atoms with Gasteiger partial charge in [-0.05, 0) is 25.3 Å². The van der Waals surface area contributed by atoms with Crippen molar-refractivity contribution in [1.82, 2.24) is 0 Å². The fraction of sp³-hybridized carbons (Fsp3) is 0.562. The summed E-state index contributed by atoms with van der Waals surface area (Å²) in [6.07, 6.45) is 5.42. The lowest BCUT2D eigenvalue weighted by Crippen LogP contribution is -2.14. The first-order valence-electron chi connectivity index (χ1n) is 6.90. The third-order valence-electron chi connectivity index (χ3n) is 3.34. The van der Waals surface area contributed by atoms with Gasteiger partial charge in [-0.15, -0.1) is 11.6 Å². The standard InChI is InChI=1S/C16H22BrClO/c1-13-7-6-8-14(11-13)15(16(19)12-17)9-4-2-3-5-10-18/h6-8,11,15H,2-5,9-10,12H2,1H3. The van der Waals surface area contributed by atoms with Gasteiger partial charge < -0.3 is 0 Å². The quantitative estimate of drug-likeness (QED) is 0.442. The average Bonchev–Trinajstić information content (AvgIpc) is 2.42. The van der Waals surface area contributed by atoms with E-state index in [1.807, 2.05) is 6.07 Å². The van der Waals surface area contributed by atoms with Crippen molar-refractivity contribution >= 4 is 33.3 Å². The molecular formula is C16H22BrClO. The molecule has 0 aliphatic heterocycles. The van der Waals surface area contributed by atoms with Crippen LogP contribution in [0.15, 0.2) is 24.3 Å². The molecule has 1 aromatic rings. The summed E-state index contributed by atoms with van der Waals surface area (Å²) in [6.45, 7) is 2.07. The molecular weight excluding hydrogens is 324 g/mol. The zero-order valence-corrected chi connectivity index (χ0v) is 13.8. The predicted octanol–water partition coefficient (Wildman–Crippen LogP) is 5.23. The van der Waals surface area contributed by atoms with E-state index in [9.17, 15) is 4.79 Å². The molecule has 0 saturated heterocycles. The minimum atomic E-state index is 0.0373. The number of benzene rings is 1. The Hall–Kier alpha value is -0.340. The number of carbonyl (C=O) groups is 1. The van der Waals surface area contributed by atoms with Crippen LogP contribution >= 0.6 is 27.5 Å². The molecule has 0 spiro atoms. The molecule has 0 aliphatic rings. The van der Waals surface area contributed by atoms with Gasteiger partial charge in [-0.2, -0.15) is 0 Å². The van der Waals surface area contributed by atoms with Gasteiger partial charge in [-0.3, -0.25) is 4.79 Å². The lowest BCUT2D eigenvalue weighted by atomic mass is 9.89. The van der Waals surface area contributed by atoms with Crippen molar-refractivity contribution in [2.75, 3.05) is 11.2 Å². The Bertz CT molecular complexity index is 392. The predicted molar refractivity (Wildman–Crippen MR) is 86.5 cm³/mol. The molecule has 1 nitrogen and oxygen atoms in total. The fourth-order valence-electron chi connectivity index (χ4n) is 2.29. The van der Waals surface area contributed by atoms with E-state index in [1.54, 1.807) is 0 Å². The SMILES string of the molecule is Cc1cccc(C(CCCCCCCl)C(=O)CBr)c1. The van der Waals surface area contributed by atoms with Crippen LogP contribution in [0.5, 0.6) is 0 Å². The number of carbonyl (C=O) groups excluding carboxylic acids is 1. The van der Waals surface area contributed by atoms with Gasteiger partial charge in [0.25, 0.3) is 0 Å². The highest BCUT2D eigenvalue weighted by Gasteiger charge is 2.18. The van der Waals surface area contributed by atoms with Crippen molar-refractivity contribution in [2.45, 2.75) is 44.9 Å². The van der Waals surface area contributed by atoms with E-state index in [0.717, 1.165) is 43.5 Å². The highest BCUT2D eigenvalue weighted by atomic mass is 79.9. The monoisotopic (exact) mass is 344 g/mol. The second-order valence-electron chi connectivity index (χ2n) is 4.96. The van der Waals surface area contributed by atoms with Gasteiger partial charge in [-0.1, -0.05) is 65.0 Å². The molecule has 1 rings (SSSR count). The lowest BCUT2D eigenvalue weighted by molar-refractivity contribution is -0.118. The van der Waals surface area contributed by atoms with E-state index in [1.165, 1.54) is 5.56 Å². The molecule has 0 bridgehead atoms. The van der Waals surface area contributed by atoms with Gasteiger partial charge in [0.15, 0.2) is 5.78 Å². The normalized spacial score (nSPS) is 12.4. The third kappa shape index (κ3) is 6.09. The van der Waals surface area contributed by atoms with Crippen LogP contribution in [-0.4, -0.2) is 17.0 Å². The summed E-state index contributed by atoms with van der Waals surface area (Å²) in [6, 6.07) is 8.30. The maximum Gasteiger partial charge on any atom is 0.150 e. The second-order valence-corrected chi connectivity index (χ2v) is 5.90. The van der Waals surface area contributed by atoms with Gasteiger partial charge in [0.2, 0.25) is 0 Å². The minimum Gasteiger partial charge on any atom is -0.298 e. The summed E-state index contributed by atoms with van der Waals surface area (Å²) in [5, 5.41) is 0.438. The molecule has 0 heterocycles. The van der Waals surface area contributed by atoms with E-state index in [-0.39, 0.29) is 11.7 Å². The highest BCUT2D eigenvalue weighted by Crippen LogP contribution is 2.25. The van der Waals surface area contributed by atoms with Crippen LogP contribution < -0.4 is 0 Å². The maximum absolute atomic E-state index is 12.1. The molecule has 19 heavy (non-hydrogen) atoms. The van der Waals surface area contributed by atoms with Gasteiger partial charge in [0.05, 0.1) is 5.33 Å². The number of alkyl halides is 2. The van der Waals surface area contributed by atoms with Crippen molar-refractivity contribution in [2.24, 2.45) is 0 Å². The van der Waals surface area contributed by atoms with E-state index >= 15 is 0 Å². The van der Waals surface area contributed by atoms with Crippen molar-refractivity contribution in [3.63, 3.8) is 0 Å². The summed E-state index contributed by atoms with van der Waals surface area (Å²) >= 11 is 8.97. The molecule has 0 N–H and O–H groups in total. The number of hydrogen-bond donors (Lipinski definition) is 0. The summed E-state index contributed by atoms with van der Waals surface area (Å²) in [5.41, 5.74) is 2.37. The Morgan fingerprint density at radius 2 is 2.00 bits per heavy atom. The Morgan fingerprint density at radius 1 is 1.26 bits per heavy atom. The maximum atomic E-state index is 12.1. The van der Waals surface area contributed by atoms with Crippen LogP contribution in [0, 0.1) is 6.92 Å². The molecule has 0 aliphatic carbocycles. The molecule has 0 fully saturated rings. The molecule has 0 amide bonds. The van der Waals surface area contributed by atoms with Gasteiger partial charge >= 0.3 is 0 Å². The van der Waals surface area contributed by atoms with Crippen molar-refractivity contribution in [1.29, 1.82) is 0 Å². The van der Waals surface area contributed by atoms with Crippen LogP contribution in [0.25, 0.3) is 0 Å². The van der Waals surface area contributed by atoms with Crippen molar-refractivity contribution in [3.05, 3.63) is 35.4 Å². The first-order chi connectivity index (χ1) is 9.19. The molecule has 0 aromatic heterocycles. The number of halogens is 2. The molecule has 1 aromatic carbocycles. The fourth-order valence-corrected chi connectivity index (χ4v) is 2.87. The number of aryl methyl sites for hydroxylation is 1. The molecule has 1 unspecified atom stereocenters. The topological polar surface area (TPSA) is 17.1 Å². The number of unbranched alkanes of at least 4 members (excludes halogenated alkanes) is 3. The first kappa shape index (κ1) is 16.7. The van der Waals surface area contributed by atoms with Crippen molar-refractivity contribution in [3.8, 4) is 0 Å². The molecule has 106 valence electrons. The van der Waals surface area contributed by atoms with Crippen LogP contribution in [0.2, 0.25) is 0 Å². The van der Waals surface area contributed by atoms with E-state index in [4.69, 9.17) is 11.6 Å². The van der Waals surface area contributed by atoms with Gasteiger partial charge in [0, 0.05) is 11.8 Å². The molecule has 0 saturated carbocycles. The number of ketones is 1. The summed E-state index contributed by atoms with van der Waals surface area (Å²) < 4.78 is 0. The third-order valence-corrected chi connectivity index (χ3v) is 4.16. The number of hydrogen-bond acceptors (Lipinski definition) is 1. The van der Waals surface area contributed by atoms with E-state index < -0.39 is 0 Å². The van der Waals surface area contributed by atoms with Crippen molar-refractivity contribution < 1.29 is 4.79 Å². The van der Waals surface area contributed by atoms with E-state index in [2.05, 4.69) is 41.1 Å². The molecule has 1 atom stereocenters. The zero-order valence-electron chi connectivity index (χ0n) is 11.5. The van der Waals surface area contributed by atoms with Crippen LogP contribution in [0.4, 0.5) is 0 Å². The largest absolute Gasteiger partial charge is 0.298 e. The average molecular weight is 346 g/mol. The number of Topliss-reactive ketones (excluding diaryl/α,β-unsaturated/α-hetero) is 1. The smallest absolute Gasteiger partial charge is 0.150 e.